The maximum Gasteiger partial charge on any atom is 0.322 e. The number of urea groups is 1. The van der Waals surface area contributed by atoms with Crippen LogP contribution >= 0.6 is 0 Å². The van der Waals surface area contributed by atoms with Crippen LogP contribution in [0.5, 0.6) is 0 Å². The Kier molecular flexibility index (Phi) is 6.03. The van der Waals surface area contributed by atoms with Gasteiger partial charge in [-0.1, -0.05) is 42.5 Å². The third-order valence-corrected chi connectivity index (χ3v) is 4.90. The molecule has 4 aromatic rings. The van der Waals surface area contributed by atoms with Crippen LogP contribution < -0.4 is 10.9 Å². The summed E-state index contributed by atoms with van der Waals surface area (Å²) in [5, 5.41) is 3.28. The van der Waals surface area contributed by atoms with E-state index in [0.717, 1.165) is 5.56 Å². The number of fused-ring (bicyclic) bond motifs is 1. The second-order valence-electron chi connectivity index (χ2n) is 7.12. The summed E-state index contributed by atoms with van der Waals surface area (Å²) in [4.78, 5) is 34.2. The zero-order valence-corrected chi connectivity index (χ0v) is 16.7. The molecule has 0 unspecified atom stereocenters. The molecule has 0 atom stereocenters. The maximum absolute atomic E-state index is 13.2. The van der Waals surface area contributed by atoms with E-state index in [1.54, 1.807) is 23.1 Å². The van der Waals surface area contributed by atoms with Crippen molar-refractivity contribution in [3.63, 3.8) is 0 Å². The van der Waals surface area contributed by atoms with Gasteiger partial charge >= 0.3 is 6.03 Å². The summed E-state index contributed by atoms with van der Waals surface area (Å²) in [5.41, 5.74) is 1.89. The molecule has 0 spiro atoms. The number of anilines is 1. The van der Waals surface area contributed by atoms with Crippen molar-refractivity contribution in [2.45, 2.75) is 13.0 Å². The Hall–Kier alpha value is -4.00. The van der Waals surface area contributed by atoms with Gasteiger partial charge in [0.05, 0.1) is 17.4 Å². The summed E-state index contributed by atoms with van der Waals surface area (Å²) in [6, 6.07) is 22.1. The Labute approximate surface area is 178 Å². The minimum Gasteiger partial charge on any atom is -0.317 e. The minimum atomic E-state index is -0.378. The first-order valence-corrected chi connectivity index (χ1v) is 9.92. The molecular formula is C24H21FN4O2. The van der Waals surface area contributed by atoms with E-state index >= 15 is 0 Å². The molecule has 156 valence electrons. The molecule has 6 nitrogen and oxygen atoms in total. The van der Waals surface area contributed by atoms with Crippen molar-refractivity contribution in [3.8, 4) is 0 Å². The monoisotopic (exact) mass is 416 g/mol. The topological polar surface area (TPSA) is 78.1 Å². The molecule has 0 saturated heterocycles. The van der Waals surface area contributed by atoms with Gasteiger partial charge in [0.2, 0.25) is 0 Å². The molecular weight excluding hydrogens is 395 g/mol. The number of hydrogen-bond donors (Lipinski definition) is 2. The predicted molar refractivity (Wildman–Crippen MR) is 118 cm³/mol. The lowest BCUT2D eigenvalue weighted by atomic mass is 10.1. The summed E-state index contributed by atoms with van der Waals surface area (Å²) in [5.74, 6) is 0.0166. The molecule has 0 aliphatic heterocycles. The maximum atomic E-state index is 13.2. The van der Waals surface area contributed by atoms with Gasteiger partial charge in [0.25, 0.3) is 5.56 Å². The highest BCUT2D eigenvalue weighted by Gasteiger charge is 2.16. The highest BCUT2D eigenvalue weighted by atomic mass is 19.1. The number of aromatic amines is 1. The number of nitrogens with one attached hydrogen (secondary N) is 2. The van der Waals surface area contributed by atoms with E-state index in [-0.39, 0.29) is 24.0 Å². The Morgan fingerprint density at radius 3 is 2.45 bits per heavy atom. The van der Waals surface area contributed by atoms with Crippen molar-refractivity contribution in [1.82, 2.24) is 14.9 Å². The van der Waals surface area contributed by atoms with Gasteiger partial charge in [-0.3, -0.25) is 4.79 Å². The van der Waals surface area contributed by atoms with Gasteiger partial charge in [0, 0.05) is 12.2 Å². The molecule has 0 bridgehead atoms. The smallest absolute Gasteiger partial charge is 0.317 e. The Morgan fingerprint density at radius 2 is 1.68 bits per heavy atom. The van der Waals surface area contributed by atoms with E-state index in [1.165, 1.54) is 24.3 Å². The average molecular weight is 416 g/mol. The van der Waals surface area contributed by atoms with E-state index in [4.69, 9.17) is 0 Å². The van der Waals surface area contributed by atoms with Crippen LogP contribution in [0.4, 0.5) is 14.9 Å². The van der Waals surface area contributed by atoms with Gasteiger partial charge in [0.1, 0.15) is 11.6 Å². The average Bonchev–Trinajstić information content (AvgIpc) is 2.79. The van der Waals surface area contributed by atoms with Gasteiger partial charge in [0.15, 0.2) is 0 Å². The van der Waals surface area contributed by atoms with Crippen molar-refractivity contribution in [2.24, 2.45) is 0 Å². The van der Waals surface area contributed by atoms with Crippen molar-refractivity contribution < 1.29 is 9.18 Å². The van der Waals surface area contributed by atoms with Crippen LogP contribution in [-0.2, 0) is 13.0 Å². The number of hydrogen-bond acceptors (Lipinski definition) is 3. The van der Waals surface area contributed by atoms with Crippen LogP contribution in [0.2, 0.25) is 0 Å². The first-order chi connectivity index (χ1) is 15.1. The first-order valence-electron chi connectivity index (χ1n) is 9.92. The Morgan fingerprint density at radius 1 is 0.968 bits per heavy atom. The number of amides is 2. The quantitative estimate of drug-likeness (QED) is 0.491. The van der Waals surface area contributed by atoms with Crippen molar-refractivity contribution in [2.75, 3.05) is 11.9 Å². The van der Waals surface area contributed by atoms with Crippen molar-refractivity contribution in [1.29, 1.82) is 0 Å². The first kappa shape index (κ1) is 20.3. The van der Waals surface area contributed by atoms with Crippen molar-refractivity contribution in [3.05, 3.63) is 106 Å². The molecule has 1 heterocycles. The molecule has 0 radical (unpaired) electrons. The number of rotatable bonds is 6. The van der Waals surface area contributed by atoms with Crippen LogP contribution in [0, 0.1) is 5.82 Å². The van der Waals surface area contributed by atoms with E-state index in [9.17, 15) is 14.0 Å². The molecule has 1 aromatic heterocycles. The fraction of sp³-hybridized carbons (Fsp3) is 0.125. The highest BCUT2D eigenvalue weighted by molar-refractivity contribution is 5.89. The zero-order valence-electron chi connectivity index (χ0n) is 16.7. The number of halogens is 1. The van der Waals surface area contributed by atoms with E-state index in [2.05, 4.69) is 15.3 Å². The number of carbonyl (C=O) groups is 1. The SMILES string of the molecule is O=C(Nc1ccc(F)cc1)N(CCc1ccccc1)Cc1nc2ccccc2c(=O)[nH]1. The normalized spacial score (nSPS) is 10.7. The van der Waals surface area contributed by atoms with Crippen LogP contribution in [0.3, 0.4) is 0 Å². The summed E-state index contributed by atoms with van der Waals surface area (Å²) < 4.78 is 13.2. The van der Waals surface area contributed by atoms with E-state index in [1.807, 2.05) is 36.4 Å². The number of aromatic nitrogens is 2. The number of benzene rings is 3. The van der Waals surface area contributed by atoms with Gasteiger partial charge < -0.3 is 15.2 Å². The summed E-state index contributed by atoms with van der Waals surface area (Å²) in [6.45, 7) is 0.535. The van der Waals surface area contributed by atoms with Gasteiger partial charge in [-0.05, 0) is 48.4 Å². The molecule has 0 aliphatic carbocycles. The molecule has 31 heavy (non-hydrogen) atoms. The number of H-pyrrole nitrogens is 1. The minimum absolute atomic E-state index is 0.125. The lowest BCUT2D eigenvalue weighted by Gasteiger charge is -2.23. The fourth-order valence-corrected chi connectivity index (χ4v) is 3.29. The molecule has 4 rings (SSSR count). The Bertz CT molecular complexity index is 1240. The molecule has 0 fully saturated rings. The largest absolute Gasteiger partial charge is 0.322 e. The third kappa shape index (κ3) is 5.14. The molecule has 7 heteroatoms. The predicted octanol–water partition coefficient (Wildman–Crippen LogP) is 4.34. The van der Waals surface area contributed by atoms with Gasteiger partial charge in [-0.25, -0.2) is 14.2 Å². The van der Waals surface area contributed by atoms with E-state index < -0.39 is 0 Å². The van der Waals surface area contributed by atoms with Crippen molar-refractivity contribution >= 4 is 22.6 Å². The summed E-state index contributed by atoms with van der Waals surface area (Å²) >= 11 is 0. The van der Waals surface area contributed by atoms with Crippen LogP contribution in [0.15, 0.2) is 83.7 Å². The summed E-state index contributed by atoms with van der Waals surface area (Å²) in [6.07, 6.45) is 0.634. The lowest BCUT2D eigenvalue weighted by Crippen LogP contribution is -2.37. The molecule has 3 aromatic carbocycles. The fourth-order valence-electron chi connectivity index (χ4n) is 3.29. The lowest BCUT2D eigenvalue weighted by molar-refractivity contribution is 0.208. The molecule has 2 amide bonds. The highest BCUT2D eigenvalue weighted by Crippen LogP contribution is 2.12. The molecule has 2 N–H and O–H groups in total. The summed E-state index contributed by atoms with van der Waals surface area (Å²) in [7, 11) is 0. The van der Waals surface area contributed by atoms with Crippen LogP contribution in [0.1, 0.15) is 11.4 Å². The number of nitrogens with zero attached hydrogens (tertiary/aromatic N) is 2. The van der Waals surface area contributed by atoms with Crippen LogP contribution in [0.25, 0.3) is 10.9 Å². The third-order valence-electron chi connectivity index (χ3n) is 4.90. The van der Waals surface area contributed by atoms with Gasteiger partial charge in [-0.2, -0.15) is 0 Å². The molecule has 0 aliphatic rings. The number of para-hydroxylation sites is 1. The van der Waals surface area contributed by atoms with Gasteiger partial charge in [-0.15, -0.1) is 0 Å². The number of carbonyl (C=O) groups excluding carboxylic acids is 1. The standard InChI is InChI=1S/C24H21FN4O2/c25-18-10-12-19(13-11-18)26-24(31)29(15-14-17-6-2-1-3-7-17)16-22-27-21-9-5-4-8-20(21)23(30)28-22/h1-13H,14-16H2,(H,26,31)(H,27,28,30). The zero-order chi connectivity index (χ0) is 21.6. The molecule has 0 saturated carbocycles. The second-order valence-corrected chi connectivity index (χ2v) is 7.12. The Balaban J connectivity index is 1.57. The van der Waals surface area contributed by atoms with E-state index in [0.29, 0.717) is 35.4 Å². The van der Waals surface area contributed by atoms with Crippen LogP contribution in [-0.4, -0.2) is 27.4 Å². The second kappa shape index (κ2) is 9.21.